The molecule has 0 spiro atoms. The van der Waals surface area contributed by atoms with E-state index < -0.39 is 17.3 Å². The molecule has 17 heavy (non-hydrogen) atoms. The molecular formula is C12H13ClF3N. The fourth-order valence-corrected chi connectivity index (χ4v) is 2.45. The lowest BCUT2D eigenvalue weighted by Gasteiger charge is -2.26. The first-order valence-corrected chi connectivity index (χ1v) is 5.82. The highest BCUT2D eigenvalue weighted by Crippen LogP contribution is 2.37. The van der Waals surface area contributed by atoms with Crippen LogP contribution in [0, 0.1) is 0 Å². The first-order valence-electron chi connectivity index (χ1n) is 5.45. The van der Waals surface area contributed by atoms with E-state index in [2.05, 4.69) is 5.32 Å². The standard InChI is InChI=1S/C12H13ClF3N/c1-11(3-2-4-17-11)8-5-9(12(14,15)16)7-10(13)6-8/h5-7,17H,2-4H2,1H3. The summed E-state index contributed by atoms with van der Waals surface area (Å²) in [6.45, 7) is 2.73. The normalized spacial score (nSPS) is 25.2. The predicted octanol–water partition coefficient (Wildman–Crippen LogP) is 3.96. The Bertz CT molecular complexity index is 422. The number of nitrogens with one attached hydrogen (secondary N) is 1. The Labute approximate surface area is 103 Å². The predicted molar refractivity (Wildman–Crippen MR) is 61.0 cm³/mol. The van der Waals surface area contributed by atoms with Crippen molar-refractivity contribution in [3.8, 4) is 0 Å². The van der Waals surface area contributed by atoms with E-state index in [1.54, 1.807) is 6.07 Å². The van der Waals surface area contributed by atoms with Crippen LogP contribution < -0.4 is 5.32 Å². The molecule has 0 aliphatic carbocycles. The van der Waals surface area contributed by atoms with Gasteiger partial charge in [-0.25, -0.2) is 0 Å². The molecule has 1 aromatic rings. The minimum absolute atomic E-state index is 0.129. The number of rotatable bonds is 1. The maximum absolute atomic E-state index is 12.7. The van der Waals surface area contributed by atoms with Gasteiger partial charge in [-0.05, 0) is 50.1 Å². The van der Waals surface area contributed by atoms with Crippen LogP contribution in [0.1, 0.15) is 30.9 Å². The Balaban J connectivity index is 2.45. The highest BCUT2D eigenvalue weighted by Gasteiger charge is 2.35. The van der Waals surface area contributed by atoms with Gasteiger partial charge in [0.1, 0.15) is 0 Å². The third kappa shape index (κ3) is 2.58. The third-order valence-electron chi connectivity index (χ3n) is 3.23. The molecule has 0 bridgehead atoms. The molecule has 1 heterocycles. The molecule has 0 radical (unpaired) electrons. The first-order chi connectivity index (χ1) is 7.81. The molecule has 0 aromatic heterocycles. The second-order valence-electron chi connectivity index (χ2n) is 4.59. The smallest absolute Gasteiger partial charge is 0.308 e. The van der Waals surface area contributed by atoms with Crippen molar-refractivity contribution in [3.63, 3.8) is 0 Å². The zero-order chi connectivity index (χ0) is 12.7. The van der Waals surface area contributed by atoms with Crippen LogP contribution in [0.2, 0.25) is 5.02 Å². The monoisotopic (exact) mass is 263 g/mol. The second-order valence-corrected chi connectivity index (χ2v) is 5.03. The summed E-state index contributed by atoms with van der Waals surface area (Å²) >= 11 is 5.77. The van der Waals surface area contributed by atoms with Crippen molar-refractivity contribution in [2.75, 3.05) is 6.54 Å². The fourth-order valence-electron chi connectivity index (χ4n) is 2.21. The maximum Gasteiger partial charge on any atom is 0.416 e. The van der Waals surface area contributed by atoms with Gasteiger partial charge in [0.25, 0.3) is 0 Å². The van der Waals surface area contributed by atoms with E-state index in [-0.39, 0.29) is 5.02 Å². The Kier molecular flexibility index (Phi) is 3.12. The van der Waals surface area contributed by atoms with Crippen molar-refractivity contribution in [2.45, 2.75) is 31.5 Å². The van der Waals surface area contributed by atoms with Crippen LogP contribution in [-0.2, 0) is 11.7 Å². The van der Waals surface area contributed by atoms with Gasteiger partial charge < -0.3 is 5.32 Å². The molecule has 0 amide bonds. The molecule has 1 nitrogen and oxygen atoms in total. The van der Waals surface area contributed by atoms with Crippen LogP contribution >= 0.6 is 11.6 Å². The molecule has 1 aromatic carbocycles. The minimum Gasteiger partial charge on any atom is -0.308 e. The summed E-state index contributed by atoms with van der Waals surface area (Å²) in [5.41, 5.74) is -0.477. The van der Waals surface area contributed by atoms with Crippen molar-refractivity contribution < 1.29 is 13.2 Å². The zero-order valence-electron chi connectivity index (χ0n) is 9.37. The van der Waals surface area contributed by atoms with E-state index in [4.69, 9.17) is 11.6 Å². The molecule has 0 saturated carbocycles. The molecule has 1 atom stereocenters. The molecule has 2 rings (SSSR count). The van der Waals surface area contributed by atoms with Gasteiger partial charge >= 0.3 is 6.18 Å². The summed E-state index contributed by atoms with van der Waals surface area (Å²) < 4.78 is 38.0. The average Bonchev–Trinajstić information content (AvgIpc) is 2.64. The lowest BCUT2D eigenvalue weighted by Crippen LogP contribution is -2.33. The van der Waals surface area contributed by atoms with Crippen molar-refractivity contribution in [1.29, 1.82) is 0 Å². The molecular weight excluding hydrogens is 251 g/mol. The molecule has 1 unspecified atom stereocenters. The Morgan fingerprint density at radius 3 is 2.53 bits per heavy atom. The van der Waals surface area contributed by atoms with Crippen molar-refractivity contribution in [3.05, 3.63) is 34.3 Å². The summed E-state index contributed by atoms with van der Waals surface area (Å²) in [7, 11) is 0. The first kappa shape index (κ1) is 12.7. The molecule has 1 fully saturated rings. The summed E-state index contributed by atoms with van der Waals surface area (Å²) in [5, 5.41) is 3.36. The summed E-state index contributed by atoms with van der Waals surface area (Å²) in [5.74, 6) is 0. The van der Waals surface area contributed by atoms with E-state index in [9.17, 15) is 13.2 Å². The van der Waals surface area contributed by atoms with E-state index in [0.29, 0.717) is 5.56 Å². The van der Waals surface area contributed by atoms with Gasteiger partial charge in [0.2, 0.25) is 0 Å². The number of alkyl halides is 3. The Morgan fingerprint density at radius 1 is 1.29 bits per heavy atom. The van der Waals surface area contributed by atoms with Gasteiger partial charge in [0.15, 0.2) is 0 Å². The SMILES string of the molecule is CC1(c2cc(Cl)cc(C(F)(F)F)c2)CCCN1. The number of hydrogen-bond donors (Lipinski definition) is 1. The maximum atomic E-state index is 12.7. The summed E-state index contributed by atoms with van der Waals surface area (Å²) in [6, 6.07) is 3.75. The van der Waals surface area contributed by atoms with Crippen LogP contribution in [0.3, 0.4) is 0 Å². The van der Waals surface area contributed by atoms with E-state index in [0.717, 1.165) is 25.5 Å². The van der Waals surface area contributed by atoms with Gasteiger partial charge in [-0.15, -0.1) is 0 Å². The fraction of sp³-hybridized carbons (Fsp3) is 0.500. The highest BCUT2D eigenvalue weighted by molar-refractivity contribution is 6.30. The minimum atomic E-state index is -4.35. The third-order valence-corrected chi connectivity index (χ3v) is 3.45. The molecule has 5 heteroatoms. The Hall–Kier alpha value is -0.740. The quantitative estimate of drug-likeness (QED) is 0.809. The van der Waals surface area contributed by atoms with Gasteiger partial charge in [-0.3, -0.25) is 0 Å². The van der Waals surface area contributed by atoms with Gasteiger partial charge in [0.05, 0.1) is 5.56 Å². The molecule has 94 valence electrons. The largest absolute Gasteiger partial charge is 0.416 e. The van der Waals surface area contributed by atoms with Crippen LogP contribution in [0.25, 0.3) is 0 Å². The van der Waals surface area contributed by atoms with Crippen molar-refractivity contribution >= 4 is 11.6 Å². The number of benzene rings is 1. The molecule has 1 saturated heterocycles. The second kappa shape index (κ2) is 4.18. The van der Waals surface area contributed by atoms with E-state index in [1.807, 2.05) is 6.92 Å². The Morgan fingerprint density at radius 2 is 2.00 bits per heavy atom. The molecule has 1 aliphatic rings. The lowest BCUT2D eigenvalue weighted by atomic mass is 9.89. The average molecular weight is 264 g/mol. The van der Waals surface area contributed by atoms with Gasteiger partial charge in [-0.2, -0.15) is 13.2 Å². The van der Waals surface area contributed by atoms with Crippen LogP contribution in [-0.4, -0.2) is 6.54 Å². The highest BCUT2D eigenvalue weighted by atomic mass is 35.5. The van der Waals surface area contributed by atoms with Crippen LogP contribution in [0.4, 0.5) is 13.2 Å². The number of hydrogen-bond acceptors (Lipinski definition) is 1. The van der Waals surface area contributed by atoms with Crippen LogP contribution in [0.15, 0.2) is 18.2 Å². The van der Waals surface area contributed by atoms with Crippen LogP contribution in [0.5, 0.6) is 0 Å². The van der Waals surface area contributed by atoms with E-state index >= 15 is 0 Å². The summed E-state index contributed by atoms with van der Waals surface area (Å²) in [4.78, 5) is 0. The lowest BCUT2D eigenvalue weighted by molar-refractivity contribution is -0.137. The van der Waals surface area contributed by atoms with Crippen molar-refractivity contribution in [1.82, 2.24) is 5.32 Å². The summed E-state index contributed by atoms with van der Waals surface area (Å²) in [6.07, 6.45) is -2.57. The zero-order valence-corrected chi connectivity index (χ0v) is 10.1. The number of halogens is 4. The van der Waals surface area contributed by atoms with Gasteiger partial charge in [-0.1, -0.05) is 11.6 Å². The molecule has 1 aliphatic heterocycles. The van der Waals surface area contributed by atoms with Crippen molar-refractivity contribution in [2.24, 2.45) is 0 Å². The van der Waals surface area contributed by atoms with Gasteiger partial charge in [0, 0.05) is 10.6 Å². The molecule has 1 N–H and O–H groups in total. The topological polar surface area (TPSA) is 12.0 Å². The van der Waals surface area contributed by atoms with E-state index in [1.165, 1.54) is 6.07 Å².